The fourth-order valence-electron chi connectivity index (χ4n) is 1.49. The molecule has 0 aromatic heterocycles. The van der Waals surface area contributed by atoms with Crippen molar-refractivity contribution in [1.82, 2.24) is 0 Å². The van der Waals surface area contributed by atoms with Gasteiger partial charge in [-0.2, -0.15) is 0 Å². The van der Waals surface area contributed by atoms with Crippen LogP contribution < -0.4 is 0 Å². The van der Waals surface area contributed by atoms with E-state index in [4.69, 9.17) is 4.74 Å². The quantitative estimate of drug-likeness (QED) is 0.548. The first kappa shape index (κ1) is 8.06. The maximum Gasteiger partial charge on any atom is 0.0495 e. The molecule has 0 spiro atoms. The minimum Gasteiger partial charge on any atom is -0.381 e. The van der Waals surface area contributed by atoms with Gasteiger partial charge >= 0.3 is 0 Å². The van der Waals surface area contributed by atoms with Gasteiger partial charge in [-0.3, -0.25) is 0 Å². The van der Waals surface area contributed by atoms with E-state index in [-0.39, 0.29) is 0 Å². The lowest BCUT2D eigenvalue weighted by Gasteiger charge is -2.04. The highest BCUT2D eigenvalue weighted by Crippen LogP contribution is 2.18. The summed E-state index contributed by atoms with van der Waals surface area (Å²) < 4.78 is 5.29. The Kier molecular flexibility index (Phi) is 3.81. The van der Waals surface area contributed by atoms with Gasteiger partial charge in [0.1, 0.15) is 0 Å². The van der Waals surface area contributed by atoms with Crippen LogP contribution in [0.4, 0.5) is 0 Å². The summed E-state index contributed by atoms with van der Waals surface area (Å²) in [6.07, 6.45) is 6.85. The van der Waals surface area contributed by atoms with Crippen LogP contribution in [-0.4, -0.2) is 13.2 Å². The highest BCUT2D eigenvalue weighted by Gasteiger charge is 2.13. The molecule has 1 fully saturated rings. The van der Waals surface area contributed by atoms with Crippen LogP contribution in [0.25, 0.3) is 0 Å². The topological polar surface area (TPSA) is 9.23 Å². The summed E-state index contributed by atoms with van der Waals surface area (Å²) in [5.74, 6) is 0.895. The van der Waals surface area contributed by atoms with E-state index < -0.39 is 0 Å². The van der Waals surface area contributed by atoms with Crippen LogP contribution in [0.2, 0.25) is 0 Å². The molecule has 0 aromatic carbocycles. The molecule has 1 unspecified atom stereocenters. The summed E-state index contributed by atoms with van der Waals surface area (Å²) >= 11 is 0. The van der Waals surface area contributed by atoms with Crippen LogP contribution >= 0.6 is 0 Å². The molecule has 1 saturated heterocycles. The molecule has 0 N–H and O–H groups in total. The third-order valence-electron chi connectivity index (χ3n) is 2.24. The molecule has 60 valence electrons. The summed E-state index contributed by atoms with van der Waals surface area (Å²) in [6, 6.07) is 0. The average Bonchev–Trinajstić information content (AvgIpc) is 2.41. The zero-order chi connectivity index (χ0) is 7.23. The van der Waals surface area contributed by atoms with Gasteiger partial charge in [-0.25, -0.2) is 0 Å². The molecule has 1 heteroatoms. The van der Waals surface area contributed by atoms with Gasteiger partial charge in [-0.05, 0) is 18.8 Å². The van der Waals surface area contributed by atoms with E-state index in [0.29, 0.717) is 0 Å². The fourth-order valence-corrected chi connectivity index (χ4v) is 1.49. The SMILES string of the molecule is CCCCCC1CCOC1. The van der Waals surface area contributed by atoms with Crippen LogP contribution in [0.5, 0.6) is 0 Å². The summed E-state index contributed by atoms with van der Waals surface area (Å²) in [4.78, 5) is 0. The van der Waals surface area contributed by atoms with E-state index in [1.54, 1.807) is 0 Å². The minimum absolute atomic E-state index is 0.895. The van der Waals surface area contributed by atoms with E-state index in [1.165, 1.54) is 32.1 Å². The van der Waals surface area contributed by atoms with Gasteiger partial charge in [0.25, 0.3) is 0 Å². The number of ether oxygens (including phenoxy) is 1. The minimum atomic E-state index is 0.895. The first-order valence-electron chi connectivity index (χ1n) is 4.51. The van der Waals surface area contributed by atoms with Crippen molar-refractivity contribution >= 4 is 0 Å². The highest BCUT2D eigenvalue weighted by molar-refractivity contribution is 4.63. The summed E-state index contributed by atoms with van der Waals surface area (Å²) in [6.45, 7) is 4.30. The zero-order valence-corrected chi connectivity index (χ0v) is 6.94. The predicted molar refractivity (Wildman–Crippen MR) is 43.1 cm³/mol. The Morgan fingerprint density at radius 1 is 1.40 bits per heavy atom. The van der Waals surface area contributed by atoms with Gasteiger partial charge in [0.2, 0.25) is 0 Å². The number of unbranched alkanes of at least 4 members (excludes halogenated alkanes) is 2. The van der Waals surface area contributed by atoms with Crippen molar-refractivity contribution in [2.24, 2.45) is 5.92 Å². The molecule has 0 amide bonds. The molecule has 0 aliphatic carbocycles. The first-order valence-corrected chi connectivity index (χ1v) is 4.51. The standard InChI is InChI=1S/C9H18O/c1-2-3-4-5-9-6-7-10-8-9/h9H,2-8H2,1H3. The van der Waals surface area contributed by atoms with Gasteiger partial charge in [0.15, 0.2) is 0 Å². The maximum atomic E-state index is 5.29. The molecular formula is C9H18O. The second-order valence-electron chi connectivity index (χ2n) is 3.23. The Hall–Kier alpha value is -0.0400. The Morgan fingerprint density at radius 3 is 2.90 bits per heavy atom. The lowest BCUT2D eigenvalue weighted by molar-refractivity contribution is 0.183. The van der Waals surface area contributed by atoms with Crippen molar-refractivity contribution in [2.75, 3.05) is 13.2 Å². The lowest BCUT2D eigenvalue weighted by Crippen LogP contribution is -1.97. The van der Waals surface area contributed by atoms with Gasteiger partial charge in [-0.15, -0.1) is 0 Å². The molecule has 0 saturated carbocycles. The molecular weight excluding hydrogens is 124 g/mol. The van der Waals surface area contributed by atoms with E-state index in [1.807, 2.05) is 0 Å². The lowest BCUT2D eigenvalue weighted by atomic mass is 10.0. The fraction of sp³-hybridized carbons (Fsp3) is 1.00. The van der Waals surface area contributed by atoms with Crippen molar-refractivity contribution in [3.8, 4) is 0 Å². The summed E-state index contributed by atoms with van der Waals surface area (Å²) in [5.41, 5.74) is 0. The molecule has 1 aliphatic heterocycles. The third kappa shape index (κ3) is 2.70. The molecule has 10 heavy (non-hydrogen) atoms. The van der Waals surface area contributed by atoms with Crippen LogP contribution in [-0.2, 0) is 4.74 Å². The Bertz CT molecular complexity index is 74.8. The van der Waals surface area contributed by atoms with E-state index in [0.717, 1.165) is 19.1 Å². The normalized spacial score (nSPS) is 25.5. The Labute approximate surface area is 63.8 Å². The molecule has 0 bridgehead atoms. The van der Waals surface area contributed by atoms with Crippen molar-refractivity contribution < 1.29 is 4.74 Å². The van der Waals surface area contributed by atoms with Crippen molar-refractivity contribution in [1.29, 1.82) is 0 Å². The van der Waals surface area contributed by atoms with Crippen LogP contribution in [0.15, 0.2) is 0 Å². The maximum absolute atomic E-state index is 5.29. The predicted octanol–water partition coefficient (Wildman–Crippen LogP) is 2.60. The average molecular weight is 142 g/mol. The van der Waals surface area contributed by atoms with Crippen molar-refractivity contribution in [3.05, 3.63) is 0 Å². The van der Waals surface area contributed by atoms with Crippen molar-refractivity contribution in [3.63, 3.8) is 0 Å². The van der Waals surface area contributed by atoms with E-state index in [2.05, 4.69) is 6.92 Å². The van der Waals surface area contributed by atoms with Crippen LogP contribution in [0.3, 0.4) is 0 Å². The number of hydrogen-bond donors (Lipinski definition) is 0. The van der Waals surface area contributed by atoms with E-state index in [9.17, 15) is 0 Å². The zero-order valence-electron chi connectivity index (χ0n) is 6.94. The number of rotatable bonds is 4. The van der Waals surface area contributed by atoms with Gasteiger partial charge < -0.3 is 4.74 Å². The Balaban J connectivity index is 1.91. The summed E-state index contributed by atoms with van der Waals surface area (Å²) in [5, 5.41) is 0. The Morgan fingerprint density at radius 2 is 2.30 bits per heavy atom. The summed E-state index contributed by atoms with van der Waals surface area (Å²) in [7, 11) is 0. The van der Waals surface area contributed by atoms with Gasteiger partial charge in [-0.1, -0.05) is 26.2 Å². The smallest absolute Gasteiger partial charge is 0.0495 e. The molecule has 1 atom stereocenters. The van der Waals surface area contributed by atoms with Gasteiger partial charge in [0, 0.05) is 13.2 Å². The molecule has 1 aliphatic rings. The largest absolute Gasteiger partial charge is 0.381 e. The van der Waals surface area contributed by atoms with E-state index >= 15 is 0 Å². The first-order chi connectivity index (χ1) is 4.93. The molecule has 1 heterocycles. The second kappa shape index (κ2) is 4.73. The van der Waals surface area contributed by atoms with Crippen molar-refractivity contribution in [2.45, 2.75) is 39.0 Å². The number of hydrogen-bond acceptors (Lipinski definition) is 1. The van der Waals surface area contributed by atoms with Crippen LogP contribution in [0.1, 0.15) is 39.0 Å². The highest BCUT2D eigenvalue weighted by atomic mass is 16.5. The second-order valence-corrected chi connectivity index (χ2v) is 3.23. The van der Waals surface area contributed by atoms with Crippen LogP contribution in [0, 0.1) is 5.92 Å². The molecule has 0 radical (unpaired) electrons. The monoisotopic (exact) mass is 142 g/mol. The van der Waals surface area contributed by atoms with Gasteiger partial charge in [0.05, 0.1) is 0 Å². The third-order valence-corrected chi connectivity index (χ3v) is 2.24. The molecule has 1 nitrogen and oxygen atoms in total. The molecule has 1 rings (SSSR count). The molecule has 0 aromatic rings.